The van der Waals surface area contributed by atoms with Crippen molar-refractivity contribution in [1.29, 1.82) is 0 Å². The van der Waals surface area contributed by atoms with E-state index in [0.29, 0.717) is 22.4 Å². The van der Waals surface area contributed by atoms with Gasteiger partial charge in [0.25, 0.3) is 0 Å². The number of rotatable bonds is 8. The van der Waals surface area contributed by atoms with Crippen LogP contribution in [0.15, 0.2) is 24.3 Å². The number of hydrogen-bond donors (Lipinski definition) is 1. The van der Waals surface area contributed by atoms with E-state index in [1.54, 1.807) is 26.0 Å². The first-order valence-electron chi connectivity index (χ1n) is 9.62. The number of carbonyl (C=O) groups excluding carboxylic acids is 3. The Labute approximate surface area is 171 Å². The SMILES string of the molecule is CCN(CC)c1ccc(C(=O)O[C@@H](C)C(=O)c2[nH]c(C)c(C(=O)OC)c2C)cc1. The fraction of sp³-hybridized carbons (Fsp3) is 0.409. The molecule has 7 heteroatoms. The minimum Gasteiger partial charge on any atom is -0.465 e. The van der Waals surface area contributed by atoms with E-state index >= 15 is 0 Å². The number of aromatic amines is 1. The van der Waals surface area contributed by atoms with Crippen LogP contribution in [0.4, 0.5) is 5.69 Å². The maximum atomic E-state index is 12.8. The minimum absolute atomic E-state index is 0.236. The number of aryl methyl sites for hydroxylation is 1. The largest absolute Gasteiger partial charge is 0.465 e. The summed E-state index contributed by atoms with van der Waals surface area (Å²) in [6.45, 7) is 10.7. The fourth-order valence-corrected chi connectivity index (χ4v) is 3.29. The number of nitrogens with zero attached hydrogens (tertiary/aromatic N) is 1. The second kappa shape index (κ2) is 9.41. The summed E-state index contributed by atoms with van der Waals surface area (Å²) in [5.41, 5.74) is 2.95. The molecule has 0 unspecified atom stereocenters. The van der Waals surface area contributed by atoms with E-state index in [2.05, 4.69) is 23.7 Å². The summed E-state index contributed by atoms with van der Waals surface area (Å²) in [5, 5.41) is 0. The van der Waals surface area contributed by atoms with Gasteiger partial charge in [-0.15, -0.1) is 0 Å². The summed E-state index contributed by atoms with van der Waals surface area (Å²) < 4.78 is 10.1. The van der Waals surface area contributed by atoms with E-state index in [9.17, 15) is 14.4 Å². The zero-order valence-corrected chi connectivity index (χ0v) is 17.8. The molecule has 0 spiro atoms. The lowest BCUT2D eigenvalue weighted by Gasteiger charge is -2.21. The van der Waals surface area contributed by atoms with Gasteiger partial charge in [0, 0.05) is 24.5 Å². The number of hydrogen-bond acceptors (Lipinski definition) is 6. The fourth-order valence-electron chi connectivity index (χ4n) is 3.29. The summed E-state index contributed by atoms with van der Waals surface area (Å²) in [6, 6.07) is 7.09. The van der Waals surface area contributed by atoms with Crippen LogP contribution in [0.25, 0.3) is 0 Å². The molecule has 0 fully saturated rings. The molecule has 1 N–H and O–H groups in total. The molecule has 1 atom stereocenters. The van der Waals surface area contributed by atoms with Crippen molar-refractivity contribution in [3.63, 3.8) is 0 Å². The highest BCUT2D eigenvalue weighted by atomic mass is 16.5. The van der Waals surface area contributed by atoms with E-state index < -0.39 is 23.8 Å². The molecule has 0 aliphatic carbocycles. The number of methoxy groups -OCH3 is 1. The van der Waals surface area contributed by atoms with Crippen LogP contribution in [0.3, 0.4) is 0 Å². The van der Waals surface area contributed by atoms with Gasteiger partial charge in [-0.1, -0.05) is 0 Å². The number of ketones is 1. The third kappa shape index (κ3) is 4.67. The van der Waals surface area contributed by atoms with Gasteiger partial charge in [-0.25, -0.2) is 9.59 Å². The topological polar surface area (TPSA) is 88.7 Å². The number of carbonyl (C=O) groups is 3. The molecule has 1 aromatic heterocycles. The van der Waals surface area contributed by atoms with Crippen molar-refractivity contribution in [3.8, 4) is 0 Å². The Bertz CT molecular complexity index is 895. The number of nitrogens with one attached hydrogen (secondary N) is 1. The number of H-pyrrole nitrogens is 1. The van der Waals surface area contributed by atoms with E-state index in [0.717, 1.165) is 18.8 Å². The monoisotopic (exact) mass is 400 g/mol. The molecule has 1 aromatic carbocycles. The molecule has 1 heterocycles. The molecular formula is C22H28N2O5. The Hall–Kier alpha value is -3.09. The predicted octanol–water partition coefficient (Wildman–Crippen LogP) is 3.69. The lowest BCUT2D eigenvalue weighted by molar-refractivity contribution is 0.0316. The molecule has 2 rings (SSSR count). The Morgan fingerprint density at radius 3 is 2.14 bits per heavy atom. The third-order valence-electron chi connectivity index (χ3n) is 4.96. The van der Waals surface area contributed by atoms with E-state index in [1.807, 2.05) is 12.1 Å². The van der Waals surface area contributed by atoms with Crippen LogP contribution in [0, 0.1) is 13.8 Å². The smallest absolute Gasteiger partial charge is 0.339 e. The van der Waals surface area contributed by atoms with Crippen LogP contribution < -0.4 is 4.90 Å². The number of esters is 2. The Kier molecular flexibility index (Phi) is 7.20. The van der Waals surface area contributed by atoms with Crippen LogP contribution >= 0.6 is 0 Å². The molecule has 0 aliphatic heterocycles. The summed E-state index contributed by atoms with van der Waals surface area (Å²) in [5.74, 6) is -1.51. The molecule has 0 amide bonds. The van der Waals surface area contributed by atoms with Crippen LogP contribution in [-0.4, -0.2) is 49.0 Å². The van der Waals surface area contributed by atoms with Crippen molar-refractivity contribution in [1.82, 2.24) is 4.98 Å². The summed E-state index contributed by atoms with van der Waals surface area (Å²) in [7, 11) is 1.28. The molecular weight excluding hydrogens is 372 g/mol. The zero-order valence-electron chi connectivity index (χ0n) is 17.8. The molecule has 7 nitrogen and oxygen atoms in total. The summed E-state index contributed by atoms with van der Waals surface area (Å²) in [4.78, 5) is 42.2. The summed E-state index contributed by atoms with van der Waals surface area (Å²) >= 11 is 0. The number of anilines is 1. The van der Waals surface area contributed by atoms with E-state index in [-0.39, 0.29) is 5.69 Å². The van der Waals surface area contributed by atoms with Gasteiger partial charge in [0.05, 0.1) is 23.9 Å². The van der Waals surface area contributed by atoms with Gasteiger partial charge in [-0.3, -0.25) is 4.79 Å². The van der Waals surface area contributed by atoms with Crippen LogP contribution in [0.2, 0.25) is 0 Å². The van der Waals surface area contributed by atoms with E-state index in [1.165, 1.54) is 14.0 Å². The first kappa shape index (κ1) is 22.2. The predicted molar refractivity (Wildman–Crippen MR) is 111 cm³/mol. The van der Waals surface area contributed by atoms with Crippen molar-refractivity contribution in [3.05, 3.63) is 52.3 Å². The highest BCUT2D eigenvalue weighted by molar-refractivity contribution is 6.04. The molecule has 29 heavy (non-hydrogen) atoms. The average Bonchev–Trinajstić information content (AvgIpc) is 3.02. The number of benzene rings is 1. The molecule has 0 radical (unpaired) electrons. The zero-order chi connectivity index (χ0) is 21.7. The van der Waals surface area contributed by atoms with Gasteiger partial charge in [0.15, 0.2) is 6.10 Å². The highest BCUT2D eigenvalue weighted by Crippen LogP contribution is 2.21. The first-order chi connectivity index (χ1) is 13.7. The standard InChI is InChI=1S/C22H28N2O5/c1-7-24(8-2)17-11-9-16(10-12-17)21(26)29-15(5)20(25)19-13(3)18(14(4)23-19)22(27)28-6/h9-12,15,23H,7-8H2,1-6H3/t15-/m0/s1. The molecule has 0 saturated carbocycles. The van der Waals surface area contributed by atoms with Crippen molar-refractivity contribution in [2.75, 3.05) is 25.1 Å². The Balaban J connectivity index is 2.14. The van der Waals surface area contributed by atoms with Crippen molar-refractivity contribution < 1.29 is 23.9 Å². The number of ether oxygens (including phenoxy) is 2. The minimum atomic E-state index is -1.01. The molecule has 0 aliphatic rings. The van der Waals surface area contributed by atoms with Gasteiger partial charge in [0.1, 0.15) is 0 Å². The second-order valence-corrected chi connectivity index (χ2v) is 6.75. The van der Waals surface area contributed by atoms with Gasteiger partial charge >= 0.3 is 11.9 Å². The number of aromatic nitrogens is 1. The van der Waals surface area contributed by atoms with Crippen LogP contribution in [0.1, 0.15) is 63.2 Å². The number of Topliss-reactive ketones (excluding diaryl/α,β-unsaturated/α-hetero) is 1. The highest BCUT2D eigenvalue weighted by Gasteiger charge is 2.27. The lowest BCUT2D eigenvalue weighted by Crippen LogP contribution is -2.25. The normalized spacial score (nSPS) is 11.7. The van der Waals surface area contributed by atoms with E-state index in [4.69, 9.17) is 9.47 Å². The third-order valence-corrected chi connectivity index (χ3v) is 4.96. The van der Waals surface area contributed by atoms with Gasteiger partial charge in [-0.05, 0) is 64.4 Å². The first-order valence-corrected chi connectivity index (χ1v) is 9.62. The Morgan fingerprint density at radius 1 is 1.03 bits per heavy atom. The van der Waals surface area contributed by atoms with Crippen LogP contribution in [0.5, 0.6) is 0 Å². The second-order valence-electron chi connectivity index (χ2n) is 6.75. The molecule has 156 valence electrons. The maximum absolute atomic E-state index is 12.8. The van der Waals surface area contributed by atoms with Crippen molar-refractivity contribution >= 4 is 23.4 Å². The van der Waals surface area contributed by atoms with Crippen molar-refractivity contribution in [2.45, 2.75) is 40.7 Å². The maximum Gasteiger partial charge on any atom is 0.339 e. The van der Waals surface area contributed by atoms with Crippen molar-refractivity contribution in [2.24, 2.45) is 0 Å². The molecule has 0 saturated heterocycles. The quantitative estimate of drug-likeness (QED) is 0.537. The van der Waals surface area contributed by atoms with Crippen LogP contribution in [-0.2, 0) is 9.47 Å². The Morgan fingerprint density at radius 2 is 1.62 bits per heavy atom. The van der Waals surface area contributed by atoms with Gasteiger partial charge in [0.2, 0.25) is 5.78 Å². The molecule has 0 bridgehead atoms. The summed E-state index contributed by atoms with van der Waals surface area (Å²) in [6.07, 6.45) is -1.01. The lowest BCUT2D eigenvalue weighted by atomic mass is 10.1. The average molecular weight is 400 g/mol. The van der Waals surface area contributed by atoms with Gasteiger partial charge in [-0.2, -0.15) is 0 Å². The molecule has 2 aromatic rings. The van der Waals surface area contributed by atoms with Gasteiger partial charge < -0.3 is 19.4 Å².